The lowest BCUT2D eigenvalue weighted by Gasteiger charge is -2.28. The fraction of sp³-hybridized carbons (Fsp3) is 0.941. The second-order valence-corrected chi connectivity index (χ2v) is 7.57. The van der Waals surface area contributed by atoms with Gasteiger partial charge in [0.1, 0.15) is 0 Å². The Morgan fingerprint density at radius 1 is 1.19 bits per heavy atom. The first-order valence-corrected chi connectivity index (χ1v) is 8.85. The highest BCUT2D eigenvalue weighted by molar-refractivity contribution is 5.78. The van der Waals surface area contributed by atoms with Gasteiger partial charge in [0.2, 0.25) is 0 Å². The second-order valence-electron chi connectivity index (χ2n) is 7.57. The van der Waals surface area contributed by atoms with Gasteiger partial charge in [-0.15, -0.1) is 0 Å². The Kier molecular flexibility index (Phi) is 4.72. The number of nitrogens with two attached hydrogens (primary N) is 1. The van der Waals surface area contributed by atoms with Crippen LogP contribution in [0.5, 0.6) is 0 Å². The predicted octanol–water partition coefficient (Wildman–Crippen LogP) is 2.82. The average molecular weight is 293 g/mol. The van der Waals surface area contributed by atoms with Crippen LogP contribution in [0.1, 0.15) is 64.7 Å². The summed E-state index contributed by atoms with van der Waals surface area (Å²) in [5.41, 5.74) is 6.32. The fourth-order valence-corrected chi connectivity index (χ4v) is 3.98. The molecule has 21 heavy (non-hydrogen) atoms. The maximum absolute atomic E-state index is 6.13. The van der Waals surface area contributed by atoms with Gasteiger partial charge in [-0.3, -0.25) is 4.99 Å². The smallest absolute Gasteiger partial charge is 0.188 e. The van der Waals surface area contributed by atoms with Gasteiger partial charge in [0, 0.05) is 18.1 Å². The van der Waals surface area contributed by atoms with Crippen LogP contribution < -0.4 is 11.1 Å². The van der Waals surface area contributed by atoms with Crippen molar-refractivity contribution in [3.63, 3.8) is 0 Å². The molecule has 1 saturated heterocycles. The van der Waals surface area contributed by atoms with Crippen molar-refractivity contribution in [2.75, 3.05) is 13.2 Å². The van der Waals surface area contributed by atoms with Crippen molar-refractivity contribution in [1.29, 1.82) is 0 Å². The molecule has 2 aliphatic carbocycles. The summed E-state index contributed by atoms with van der Waals surface area (Å²) in [4.78, 5) is 4.67. The third-order valence-electron chi connectivity index (χ3n) is 5.53. The van der Waals surface area contributed by atoms with E-state index in [0.717, 1.165) is 25.5 Å². The van der Waals surface area contributed by atoms with Gasteiger partial charge in [0.15, 0.2) is 5.96 Å². The number of rotatable bonds is 4. The van der Waals surface area contributed by atoms with E-state index in [-0.39, 0.29) is 5.41 Å². The van der Waals surface area contributed by atoms with Gasteiger partial charge in [-0.2, -0.15) is 0 Å². The summed E-state index contributed by atoms with van der Waals surface area (Å²) in [6, 6.07) is 0.531. The zero-order chi connectivity index (χ0) is 14.7. The van der Waals surface area contributed by atoms with E-state index in [2.05, 4.69) is 17.2 Å². The first kappa shape index (κ1) is 15.1. The Morgan fingerprint density at radius 2 is 1.90 bits per heavy atom. The average Bonchev–Trinajstić information content (AvgIpc) is 3.26. The molecule has 0 aromatic heterocycles. The predicted molar refractivity (Wildman–Crippen MR) is 86.3 cm³/mol. The van der Waals surface area contributed by atoms with Gasteiger partial charge in [0.05, 0.1) is 12.6 Å². The van der Waals surface area contributed by atoms with Crippen LogP contribution in [-0.2, 0) is 4.74 Å². The van der Waals surface area contributed by atoms with Crippen LogP contribution in [0.15, 0.2) is 4.99 Å². The highest BCUT2D eigenvalue weighted by Gasteiger charge is 2.47. The number of aliphatic imine (C=N–C) groups is 1. The zero-order valence-electron chi connectivity index (χ0n) is 13.4. The minimum Gasteiger partial charge on any atom is -0.377 e. The van der Waals surface area contributed by atoms with Gasteiger partial charge < -0.3 is 15.8 Å². The zero-order valence-corrected chi connectivity index (χ0v) is 13.4. The molecule has 3 fully saturated rings. The van der Waals surface area contributed by atoms with E-state index in [4.69, 9.17) is 10.5 Å². The summed E-state index contributed by atoms with van der Waals surface area (Å²) in [5, 5.41) is 3.45. The lowest BCUT2D eigenvalue weighted by Crippen LogP contribution is -2.41. The van der Waals surface area contributed by atoms with E-state index in [1.165, 1.54) is 51.4 Å². The molecule has 3 rings (SSSR count). The Labute approximate surface area is 128 Å². The summed E-state index contributed by atoms with van der Waals surface area (Å²) >= 11 is 0. The summed E-state index contributed by atoms with van der Waals surface area (Å²) < 4.78 is 5.96. The highest BCUT2D eigenvalue weighted by atomic mass is 16.5. The molecule has 1 heterocycles. The molecule has 3 N–H and O–H groups in total. The largest absolute Gasteiger partial charge is 0.377 e. The number of hydrogen-bond acceptors (Lipinski definition) is 2. The summed E-state index contributed by atoms with van der Waals surface area (Å²) in [5.74, 6) is 1.42. The van der Waals surface area contributed by atoms with E-state index in [1.54, 1.807) is 0 Å². The summed E-state index contributed by atoms with van der Waals surface area (Å²) in [7, 11) is 0. The molecule has 2 atom stereocenters. The Balaban J connectivity index is 1.51. The maximum Gasteiger partial charge on any atom is 0.188 e. The van der Waals surface area contributed by atoms with Gasteiger partial charge in [0.25, 0.3) is 0 Å². The van der Waals surface area contributed by atoms with Crippen molar-refractivity contribution in [2.45, 2.75) is 76.9 Å². The number of nitrogens with zero attached hydrogens (tertiary/aromatic N) is 1. The number of hydrogen-bond donors (Lipinski definition) is 2. The Bertz CT molecular complexity index is 372. The van der Waals surface area contributed by atoms with E-state index < -0.39 is 0 Å². The van der Waals surface area contributed by atoms with Crippen LogP contribution in [0.25, 0.3) is 0 Å². The molecule has 4 heteroatoms. The molecule has 120 valence electrons. The quantitative estimate of drug-likeness (QED) is 0.476. The number of ether oxygens (including phenoxy) is 1. The van der Waals surface area contributed by atoms with Gasteiger partial charge in [-0.1, -0.05) is 32.6 Å². The molecule has 2 saturated carbocycles. The first-order chi connectivity index (χ1) is 10.2. The molecule has 0 aromatic carbocycles. The third-order valence-corrected chi connectivity index (χ3v) is 5.53. The normalized spacial score (nSPS) is 35.7. The molecule has 4 nitrogen and oxygen atoms in total. The Morgan fingerprint density at radius 3 is 2.57 bits per heavy atom. The van der Waals surface area contributed by atoms with Crippen LogP contribution in [-0.4, -0.2) is 31.3 Å². The lowest BCUT2D eigenvalue weighted by atomic mass is 9.81. The number of guanidine groups is 1. The van der Waals surface area contributed by atoms with E-state index in [0.29, 0.717) is 18.1 Å². The number of nitrogens with one attached hydrogen (secondary N) is 1. The monoisotopic (exact) mass is 293 g/mol. The molecule has 1 aliphatic heterocycles. The van der Waals surface area contributed by atoms with Crippen molar-refractivity contribution >= 4 is 5.96 Å². The van der Waals surface area contributed by atoms with Crippen molar-refractivity contribution in [1.82, 2.24) is 5.32 Å². The first-order valence-electron chi connectivity index (χ1n) is 8.85. The van der Waals surface area contributed by atoms with Crippen molar-refractivity contribution in [3.8, 4) is 0 Å². The van der Waals surface area contributed by atoms with E-state index in [1.807, 2.05) is 0 Å². The molecule has 0 aromatic rings. The van der Waals surface area contributed by atoms with Crippen LogP contribution >= 0.6 is 0 Å². The van der Waals surface area contributed by atoms with Crippen LogP contribution in [0.4, 0.5) is 0 Å². The van der Waals surface area contributed by atoms with Crippen molar-refractivity contribution in [2.24, 2.45) is 22.1 Å². The maximum atomic E-state index is 6.13. The van der Waals surface area contributed by atoms with Crippen LogP contribution in [0.3, 0.4) is 0 Å². The standard InChI is InChI=1S/C17H31N3O/c1-17(10-11-21-15(17)13-8-9-13)12-19-16(18)20-14-6-4-2-3-5-7-14/h13-15H,2-12H2,1H3,(H3,18,19,20). The molecule has 3 aliphatic rings. The van der Waals surface area contributed by atoms with Crippen LogP contribution in [0.2, 0.25) is 0 Å². The molecule has 0 amide bonds. The van der Waals surface area contributed by atoms with Gasteiger partial charge >= 0.3 is 0 Å². The van der Waals surface area contributed by atoms with Gasteiger partial charge in [-0.05, 0) is 38.0 Å². The second kappa shape index (κ2) is 6.55. The molecule has 0 radical (unpaired) electrons. The van der Waals surface area contributed by atoms with Gasteiger partial charge in [-0.25, -0.2) is 0 Å². The minimum atomic E-state index is 0.191. The molecular weight excluding hydrogens is 262 g/mol. The molecule has 0 spiro atoms. The summed E-state index contributed by atoms with van der Waals surface area (Å²) in [6.45, 7) is 4.02. The SMILES string of the molecule is CC1(CN=C(N)NC2CCCCCC2)CCOC1C1CC1. The summed E-state index contributed by atoms with van der Waals surface area (Å²) in [6.07, 6.45) is 12.0. The fourth-order valence-electron chi connectivity index (χ4n) is 3.98. The molecule has 2 unspecified atom stereocenters. The lowest BCUT2D eigenvalue weighted by molar-refractivity contribution is 0.0424. The van der Waals surface area contributed by atoms with Crippen LogP contribution in [0, 0.1) is 11.3 Å². The van der Waals surface area contributed by atoms with Crippen molar-refractivity contribution < 1.29 is 4.74 Å². The van der Waals surface area contributed by atoms with Crippen molar-refractivity contribution in [3.05, 3.63) is 0 Å². The molecular formula is C17H31N3O. The van der Waals surface area contributed by atoms with E-state index in [9.17, 15) is 0 Å². The topological polar surface area (TPSA) is 59.6 Å². The Hall–Kier alpha value is -0.770. The molecule has 0 bridgehead atoms. The minimum absolute atomic E-state index is 0.191. The highest BCUT2D eigenvalue weighted by Crippen LogP contribution is 2.47. The van der Waals surface area contributed by atoms with E-state index >= 15 is 0 Å². The third kappa shape index (κ3) is 3.91.